The largest absolute Gasteiger partial charge is 0.449 e. The molecule has 0 heterocycles. The molecule has 0 saturated carbocycles. The Balaban J connectivity index is 2.04. The van der Waals surface area contributed by atoms with Crippen LogP contribution >= 0.6 is 11.6 Å². The number of benzene rings is 2. The third kappa shape index (κ3) is 5.04. The number of hydrogen-bond donors (Lipinski definition) is 2. The summed E-state index contributed by atoms with van der Waals surface area (Å²) in [4.78, 5) is 24.2. The normalized spacial score (nSPS) is 12.3. The van der Waals surface area contributed by atoms with E-state index >= 15 is 0 Å². The number of anilines is 1. The Bertz CT molecular complexity index is 942. The molecule has 2 aromatic carbocycles. The molecule has 0 fully saturated rings. The predicted octanol–water partition coefficient (Wildman–Crippen LogP) is 2.48. The Morgan fingerprint density at radius 1 is 1.15 bits per heavy atom. The minimum atomic E-state index is -3.85. The van der Waals surface area contributed by atoms with Crippen molar-refractivity contribution in [1.29, 1.82) is 0 Å². The summed E-state index contributed by atoms with van der Waals surface area (Å²) >= 11 is 5.90. The van der Waals surface area contributed by atoms with E-state index in [-0.39, 0.29) is 10.5 Å². The molecule has 1 amide bonds. The van der Waals surface area contributed by atoms with E-state index in [1.54, 1.807) is 25.1 Å². The molecule has 0 spiro atoms. The lowest BCUT2D eigenvalue weighted by Gasteiger charge is -2.15. The average Bonchev–Trinajstić information content (AvgIpc) is 2.57. The van der Waals surface area contributed by atoms with Gasteiger partial charge in [0.15, 0.2) is 6.10 Å². The second kappa shape index (κ2) is 7.86. The fourth-order valence-corrected chi connectivity index (χ4v) is 2.71. The Hall–Kier alpha value is -2.42. The van der Waals surface area contributed by atoms with Crippen molar-refractivity contribution in [2.45, 2.75) is 24.8 Å². The van der Waals surface area contributed by atoms with Gasteiger partial charge >= 0.3 is 5.97 Å². The van der Waals surface area contributed by atoms with E-state index in [1.165, 1.54) is 31.2 Å². The van der Waals surface area contributed by atoms with Crippen LogP contribution in [0.1, 0.15) is 22.8 Å². The number of nitrogens with one attached hydrogen (secondary N) is 1. The summed E-state index contributed by atoms with van der Waals surface area (Å²) < 4.78 is 27.5. The molecule has 0 aliphatic rings. The molecule has 0 bridgehead atoms. The zero-order valence-corrected chi connectivity index (χ0v) is 15.6. The van der Waals surface area contributed by atoms with Crippen LogP contribution in [-0.2, 0) is 19.6 Å². The fourth-order valence-electron chi connectivity index (χ4n) is 2.03. The zero-order valence-electron chi connectivity index (χ0n) is 14.0. The molecule has 3 N–H and O–H groups in total. The van der Waals surface area contributed by atoms with E-state index in [0.29, 0.717) is 10.7 Å². The van der Waals surface area contributed by atoms with Crippen LogP contribution in [0.3, 0.4) is 0 Å². The van der Waals surface area contributed by atoms with E-state index in [4.69, 9.17) is 21.5 Å². The van der Waals surface area contributed by atoms with Gasteiger partial charge in [0.25, 0.3) is 5.91 Å². The number of carbonyl (C=O) groups is 2. The maximum atomic E-state index is 12.2. The van der Waals surface area contributed by atoms with Crippen molar-refractivity contribution in [3.63, 3.8) is 0 Å². The highest BCUT2D eigenvalue weighted by atomic mass is 35.5. The van der Waals surface area contributed by atoms with Crippen molar-refractivity contribution in [2.24, 2.45) is 5.14 Å². The molecule has 0 radical (unpaired) electrons. The van der Waals surface area contributed by atoms with Crippen molar-refractivity contribution in [3.05, 3.63) is 58.6 Å². The SMILES string of the molecule is Cc1ccc(Cl)cc1NC(=O)C(C)OC(=O)c1ccc(S(N)(=O)=O)cc1. The van der Waals surface area contributed by atoms with Crippen molar-refractivity contribution in [1.82, 2.24) is 0 Å². The maximum absolute atomic E-state index is 12.2. The summed E-state index contributed by atoms with van der Waals surface area (Å²) in [5.74, 6) is -1.29. The number of sulfonamides is 1. The summed E-state index contributed by atoms with van der Waals surface area (Å²) in [7, 11) is -3.85. The first-order valence-corrected chi connectivity index (χ1v) is 9.41. The highest BCUT2D eigenvalue weighted by molar-refractivity contribution is 7.89. The number of halogens is 1. The lowest BCUT2D eigenvalue weighted by molar-refractivity contribution is -0.123. The van der Waals surface area contributed by atoms with Gasteiger partial charge in [-0.3, -0.25) is 4.79 Å². The third-order valence-corrected chi connectivity index (χ3v) is 4.69. The van der Waals surface area contributed by atoms with Gasteiger partial charge in [-0.2, -0.15) is 0 Å². The van der Waals surface area contributed by atoms with Crippen molar-refractivity contribution >= 4 is 39.2 Å². The number of hydrogen-bond acceptors (Lipinski definition) is 5. The molecular formula is C17H17ClN2O5S. The van der Waals surface area contributed by atoms with E-state index < -0.39 is 28.0 Å². The Labute approximate surface area is 156 Å². The zero-order chi connectivity index (χ0) is 19.5. The molecule has 2 rings (SSSR count). The van der Waals surface area contributed by atoms with Gasteiger partial charge in [0.2, 0.25) is 10.0 Å². The molecule has 1 atom stereocenters. The van der Waals surface area contributed by atoms with Gasteiger partial charge in [0.05, 0.1) is 10.5 Å². The average molecular weight is 397 g/mol. The molecule has 9 heteroatoms. The van der Waals surface area contributed by atoms with Gasteiger partial charge in [-0.1, -0.05) is 17.7 Å². The molecular weight excluding hydrogens is 380 g/mol. The van der Waals surface area contributed by atoms with Gasteiger partial charge in [0.1, 0.15) is 0 Å². The highest BCUT2D eigenvalue weighted by Gasteiger charge is 2.20. The number of aryl methyl sites for hydroxylation is 1. The first-order chi connectivity index (χ1) is 12.1. The predicted molar refractivity (Wildman–Crippen MR) is 97.5 cm³/mol. The standard InChI is InChI=1S/C17H17ClN2O5S/c1-10-3-6-13(18)9-15(10)20-16(21)11(2)25-17(22)12-4-7-14(8-5-12)26(19,23)24/h3-9,11H,1-2H3,(H,20,21)(H2,19,23,24). The second-order valence-corrected chi connectivity index (χ2v) is 7.56. The summed E-state index contributed by atoms with van der Waals surface area (Å²) in [6, 6.07) is 9.93. The summed E-state index contributed by atoms with van der Waals surface area (Å²) in [5.41, 5.74) is 1.42. The van der Waals surface area contributed by atoms with Gasteiger partial charge in [0, 0.05) is 10.7 Å². The van der Waals surface area contributed by atoms with Crippen LogP contribution in [0, 0.1) is 6.92 Å². The van der Waals surface area contributed by atoms with Gasteiger partial charge in [-0.25, -0.2) is 18.4 Å². The van der Waals surface area contributed by atoms with E-state index in [1.807, 2.05) is 0 Å². The second-order valence-electron chi connectivity index (χ2n) is 5.57. The molecule has 0 aromatic heterocycles. The van der Waals surface area contributed by atoms with Gasteiger partial charge in [-0.15, -0.1) is 0 Å². The number of ether oxygens (including phenoxy) is 1. The Morgan fingerprint density at radius 2 is 1.77 bits per heavy atom. The lowest BCUT2D eigenvalue weighted by Crippen LogP contribution is -2.30. The molecule has 1 unspecified atom stereocenters. The number of nitrogens with two attached hydrogens (primary N) is 1. The highest BCUT2D eigenvalue weighted by Crippen LogP contribution is 2.20. The van der Waals surface area contributed by atoms with Crippen LogP contribution in [0.25, 0.3) is 0 Å². The van der Waals surface area contributed by atoms with Crippen LogP contribution in [0.5, 0.6) is 0 Å². The molecule has 26 heavy (non-hydrogen) atoms. The third-order valence-electron chi connectivity index (χ3n) is 3.53. The summed E-state index contributed by atoms with van der Waals surface area (Å²) in [6.45, 7) is 3.22. The van der Waals surface area contributed by atoms with E-state index in [9.17, 15) is 18.0 Å². The Morgan fingerprint density at radius 3 is 2.35 bits per heavy atom. The monoisotopic (exact) mass is 396 g/mol. The number of carbonyl (C=O) groups excluding carboxylic acids is 2. The van der Waals surface area contributed by atoms with Crippen LogP contribution in [0.2, 0.25) is 5.02 Å². The minimum Gasteiger partial charge on any atom is -0.449 e. The molecule has 138 valence electrons. The smallest absolute Gasteiger partial charge is 0.338 e. The molecule has 0 saturated heterocycles. The fraction of sp³-hybridized carbons (Fsp3) is 0.176. The number of esters is 1. The summed E-state index contributed by atoms with van der Waals surface area (Å²) in [5, 5.41) is 8.10. The van der Waals surface area contributed by atoms with Gasteiger partial charge < -0.3 is 10.1 Å². The maximum Gasteiger partial charge on any atom is 0.338 e. The first kappa shape index (κ1) is 19.9. The van der Waals surface area contributed by atoms with E-state index in [2.05, 4.69) is 5.32 Å². The quantitative estimate of drug-likeness (QED) is 0.753. The molecule has 0 aliphatic heterocycles. The topological polar surface area (TPSA) is 116 Å². The van der Waals surface area contributed by atoms with Crippen molar-refractivity contribution in [2.75, 3.05) is 5.32 Å². The minimum absolute atomic E-state index is 0.0935. The Kier molecular flexibility index (Phi) is 6.01. The lowest BCUT2D eigenvalue weighted by atomic mass is 10.2. The van der Waals surface area contributed by atoms with Crippen molar-refractivity contribution < 1.29 is 22.7 Å². The number of amides is 1. The summed E-state index contributed by atoms with van der Waals surface area (Å²) in [6.07, 6.45) is -1.07. The van der Waals surface area contributed by atoms with Gasteiger partial charge in [-0.05, 0) is 55.8 Å². The first-order valence-electron chi connectivity index (χ1n) is 7.49. The molecule has 0 aliphatic carbocycles. The van der Waals surface area contributed by atoms with Crippen molar-refractivity contribution in [3.8, 4) is 0 Å². The van der Waals surface area contributed by atoms with E-state index in [0.717, 1.165) is 5.56 Å². The number of primary sulfonamides is 1. The van der Waals surface area contributed by atoms with Crippen LogP contribution in [-0.4, -0.2) is 26.4 Å². The van der Waals surface area contributed by atoms with Crippen LogP contribution in [0.15, 0.2) is 47.4 Å². The van der Waals surface area contributed by atoms with Crippen LogP contribution < -0.4 is 10.5 Å². The molecule has 2 aromatic rings. The number of rotatable bonds is 5. The van der Waals surface area contributed by atoms with Crippen LogP contribution in [0.4, 0.5) is 5.69 Å². The molecule has 7 nitrogen and oxygen atoms in total.